The first-order valence-electron chi connectivity index (χ1n) is 2.99. The fourth-order valence-corrected chi connectivity index (χ4v) is 1.13. The van der Waals surface area contributed by atoms with Gasteiger partial charge in [-0.05, 0) is 12.5 Å². The van der Waals surface area contributed by atoms with Crippen molar-refractivity contribution in [3.8, 4) is 0 Å². The minimum atomic E-state index is 0.629. The van der Waals surface area contributed by atoms with Crippen LogP contribution in [-0.2, 0) is 0 Å². The van der Waals surface area contributed by atoms with Gasteiger partial charge in [-0.25, -0.2) is 0 Å². The highest BCUT2D eigenvalue weighted by Gasteiger charge is 1.95. The van der Waals surface area contributed by atoms with Gasteiger partial charge < -0.3 is 0 Å². The lowest BCUT2D eigenvalue weighted by molar-refractivity contribution is 1.15. The lowest BCUT2D eigenvalue weighted by atomic mass is 10.2. The number of hydrogen-bond donors (Lipinski definition) is 0. The normalized spacial score (nSPS) is 13.1. The number of benzene rings is 1. The minimum Gasteiger partial charge on any atom is -0.0777 e. The van der Waals surface area contributed by atoms with Crippen molar-refractivity contribution in [3.63, 3.8) is 0 Å². The van der Waals surface area contributed by atoms with Gasteiger partial charge in [0.2, 0.25) is 0 Å². The molecule has 0 nitrogen and oxygen atoms in total. The molecule has 0 aromatic heterocycles. The summed E-state index contributed by atoms with van der Waals surface area (Å²) in [5.74, 6) is 0. The van der Waals surface area contributed by atoms with Gasteiger partial charge in [0.1, 0.15) is 0 Å². The van der Waals surface area contributed by atoms with Crippen LogP contribution in [0, 0.1) is 0 Å². The fourth-order valence-electron chi connectivity index (χ4n) is 0.718. The van der Waals surface area contributed by atoms with E-state index in [-0.39, 0.29) is 0 Å². The quantitative estimate of drug-likeness (QED) is 0.515. The van der Waals surface area contributed by atoms with Crippen LogP contribution in [-0.4, -0.2) is 0 Å². The molecule has 1 aromatic carbocycles. The maximum absolute atomic E-state index is 2.41. The first-order chi connectivity index (χ1) is 4.30. The Kier molecular flexibility index (Phi) is 2.51. The van der Waals surface area contributed by atoms with Crippen LogP contribution in [0.15, 0.2) is 30.3 Å². The highest BCUT2D eigenvalue weighted by Crippen LogP contribution is 2.20. The third-order valence-electron chi connectivity index (χ3n) is 1.26. The molecule has 0 radical (unpaired) electrons. The van der Waals surface area contributed by atoms with Crippen LogP contribution in [0.1, 0.15) is 16.4 Å². The van der Waals surface area contributed by atoms with E-state index >= 15 is 0 Å². The summed E-state index contributed by atoms with van der Waals surface area (Å²) in [6.45, 7) is 2.19. The molecule has 0 heterocycles. The summed E-state index contributed by atoms with van der Waals surface area (Å²) in [4.78, 5) is 0. The molecule has 0 fully saturated rings. The van der Waals surface area contributed by atoms with Gasteiger partial charge >= 0.3 is 0 Å². The van der Waals surface area contributed by atoms with Crippen LogP contribution in [0.25, 0.3) is 0 Å². The molecule has 1 heteroatoms. The molecule has 0 saturated carbocycles. The second-order valence-electron chi connectivity index (χ2n) is 2.03. The maximum atomic E-state index is 2.41. The Bertz CT molecular complexity index is 167. The third-order valence-corrected chi connectivity index (χ3v) is 1.98. The van der Waals surface area contributed by atoms with E-state index in [1.807, 2.05) is 6.07 Å². The van der Waals surface area contributed by atoms with Gasteiger partial charge in [0, 0.05) is 3.92 Å². The van der Waals surface area contributed by atoms with Gasteiger partial charge in [-0.1, -0.05) is 52.9 Å². The third kappa shape index (κ3) is 1.97. The molecule has 0 amide bonds. The monoisotopic (exact) mass is 232 g/mol. The van der Waals surface area contributed by atoms with Crippen molar-refractivity contribution in [2.75, 3.05) is 0 Å². The Morgan fingerprint density at radius 2 is 1.78 bits per heavy atom. The Hall–Kier alpha value is -0.0500. The number of rotatable bonds is 1. The summed E-state index contributed by atoms with van der Waals surface area (Å²) in [5, 5.41) is 0. The molecule has 48 valence electrons. The molecule has 0 aliphatic heterocycles. The fraction of sp³-hybridized carbons (Fsp3) is 0.250. The Morgan fingerprint density at radius 1 is 1.22 bits per heavy atom. The van der Waals surface area contributed by atoms with Crippen molar-refractivity contribution in [1.29, 1.82) is 0 Å². The molecule has 1 aromatic rings. The molecule has 0 N–H and O–H groups in total. The van der Waals surface area contributed by atoms with Crippen LogP contribution in [0.3, 0.4) is 0 Å². The summed E-state index contributed by atoms with van der Waals surface area (Å²) in [6.07, 6.45) is 0. The van der Waals surface area contributed by atoms with Gasteiger partial charge in [0.15, 0.2) is 0 Å². The van der Waals surface area contributed by atoms with E-state index in [1.165, 1.54) is 5.56 Å². The van der Waals surface area contributed by atoms with Crippen molar-refractivity contribution in [3.05, 3.63) is 35.9 Å². The summed E-state index contributed by atoms with van der Waals surface area (Å²) in [6, 6.07) is 10.5. The molecular formula is C8H9I. The Labute approximate surface area is 69.4 Å². The summed E-state index contributed by atoms with van der Waals surface area (Å²) < 4.78 is 0.629. The molecule has 1 atom stereocenters. The molecule has 0 aliphatic carbocycles. The average molecular weight is 232 g/mol. The van der Waals surface area contributed by atoms with E-state index in [0.717, 1.165) is 0 Å². The molecule has 0 saturated heterocycles. The van der Waals surface area contributed by atoms with Crippen molar-refractivity contribution in [2.24, 2.45) is 0 Å². The van der Waals surface area contributed by atoms with Crippen molar-refractivity contribution < 1.29 is 0 Å². The molecule has 1 rings (SSSR count). The van der Waals surface area contributed by atoms with E-state index in [0.29, 0.717) is 3.92 Å². The van der Waals surface area contributed by atoms with Gasteiger partial charge in [-0.3, -0.25) is 0 Å². The summed E-state index contributed by atoms with van der Waals surface area (Å²) in [5.41, 5.74) is 1.40. The lowest BCUT2D eigenvalue weighted by Gasteiger charge is -1.99. The topological polar surface area (TPSA) is 0 Å². The molecule has 0 bridgehead atoms. The number of halogens is 1. The molecule has 1 unspecified atom stereocenters. The standard InChI is InChI=1S/C8H9I/c1-7(9)8-5-3-2-4-6-8/h2-7H,1H3. The highest BCUT2D eigenvalue weighted by molar-refractivity contribution is 14.1. The zero-order chi connectivity index (χ0) is 6.69. The molecular weight excluding hydrogens is 223 g/mol. The van der Waals surface area contributed by atoms with E-state index in [1.54, 1.807) is 0 Å². The Balaban J connectivity index is 2.85. The van der Waals surface area contributed by atoms with E-state index in [2.05, 4.69) is 53.8 Å². The second kappa shape index (κ2) is 3.20. The van der Waals surface area contributed by atoms with Gasteiger partial charge in [-0.2, -0.15) is 0 Å². The van der Waals surface area contributed by atoms with Crippen LogP contribution >= 0.6 is 22.6 Å². The first-order valence-corrected chi connectivity index (χ1v) is 4.24. The van der Waals surface area contributed by atoms with E-state index < -0.39 is 0 Å². The first kappa shape index (κ1) is 7.06. The van der Waals surface area contributed by atoms with Gasteiger partial charge in [0.25, 0.3) is 0 Å². The predicted octanol–water partition coefficient (Wildman–Crippen LogP) is 3.18. The van der Waals surface area contributed by atoms with E-state index in [9.17, 15) is 0 Å². The summed E-state index contributed by atoms with van der Waals surface area (Å²) >= 11 is 2.41. The molecule has 0 spiro atoms. The predicted molar refractivity (Wildman–Crippen MR) is 48.9 cm³/mol. The van der Waals surface area contributed by atoms with Gasteiger partial charge in [0.05, 0.1) is 0 Å². The summed E-state index contributed by atoms with van der Waals surface area (Å²) in [7, 11) is 0. The van der Waals surface area contributed by atoms with Crippen LogP contribution in [0.2, 0.25) is 0 Å². The van der Waals surface area contributed by atoms with Crippen LogP contribution in [0.5, 0.6) is 0 Å². The van der Waals surface area contributed by atoms with Crippen LogP contribution < -0.4 is 0 Å². The zero-order valence-electron chi connectivity index (χ0n) is 5.34. The number of alkyl halides is 1. The molecule has 0 aliphatic rings. The van der Waals surface area contributed by atoms with E-state index in [4.69, 9.17) is 0 Å². The van der Waals surface area contributed by atoms with Crippen molar-refractivity contribution >= 4 is 22.6 Å². The SMILES string of the molecule is CC(I)c1ccccc1. The van der Waals surface area contributed by atoms with Crippen molar-refractivity contribution in [2.45, 2.75) is 10.8 Å². The minimum absolute atomic E-state index is 0.629. The van der Waals surface area contributed by atoms with Crippen molar-refractivity contribution in [1.82, 2.24) is 0 Å². The molecule has 9 heavy (non-hydrogen) atoms. The Morgan fingerprint density at radius 3 is 2.11 bits per heavy atom. The average Bonchev–Trinajstić information content (AvgIpc) is 1.90. The second-order valence-corrected chi connectivity index (χ2v) is 3.90. The maximum Gasteiger partial charge on any atom is 0.0331 e. The van der Waals surface area contributed by atoms with Gasteiger partial charge in [-0.15, -0.1) is 0 Å². The zero-order valence-corrected chi connectivity index (χ0v) is 7.50. The smallest absolute Gasteiger partial charge is 0.0331 e. The van der Waals surface area contributed by atoms with Crippen LogP contribution in [0.4, 0.5) is 0 Å². The number of hydrogen-bond acceptors (Lipinski definition) is 0. The highest BCUT2D eigenvalue weighted by atomic mass is 127. The largest absolute Gasteiger partial charge is 0.0777 e. The lowest BCUT2D eigenvalue weighted by Crippen LogP contribution is -1.79.